The molecule has 6 nitrogen and oxygen atoms in total. The minimum absolute atomic E-state index is 0.00621. The van der Waals surface area contributed by atoms with Crippen molar-refractivity contribution in [2.24, 2.45) is 0 Å². The fourth-order valence-electron chi connectivity index (χ4n) is 2.76. The summed E-state index contributed by atoms with van der Waals surface area (Å²) in [7, 11) is 0. The van der Waals surface area contributed by atoms with Crippen molar-refractivity contribution in [1.82, 2.24) is 25.1 Å². The molecule has 0 aromatic carbocycles. The van der Waals surface area contributed by atoms with Gasteiger partial charge in [0.15, 0.2) is 11.0 Å². The number of nitrogens with one attached hydrogen (secondary N) is 1. The quantitative estimate of drug-likeness (QED) is 0.628. The third kappa shape index (κ3) is 3.81. The van der Waals surface area contributed by atoms with Gasteiger partial charge in [-0.25, -0.2) is 0 Å². The van der Waals surface area contributed by atoms with Crippen molar-refractivity contribution in [3.63, 3.8) is 0 Å². The molecule has 0 radical (unpaired) electrons. The number of hydrogen-bond donors (Lipinski definition) is 1. The number of thiophene rings is 1. The third-order valence-electron chi connectivity index (χ3n) is 4.19. The molecule has 1 N–H and O–H groups in total. The van der Waals surface area contributed by atoms with Gasteiger partial charge in [-0.1, -0.05) is 17.8 Å². The number of amides is 1. The Bertz CT molecular complexity index is 874. The smallest absolute Gasteiger partial charge is 0.230 e. The van der Waals surface area contributed by atoms with Crippen molar-refractivity contribution in [3.8, 4) is 11.4 Å². The highest BCUT2D eigenvalue weighted by Gasteiger charge is 2.30. The summed E-state index contributed by atoms with van der Waals surface area (Å²) >= 11 is 3.09. The number of aromatic nitrogens is 4. The van der Waals surface area contributed by atoms with E-state index in [2.05, 4.69) is 25.1 Å². The van der Waals surface area contributed by atoms with E-state index in [9.17, 15) is 4.79 Å². The van der Waals surface area contributed by atoms with Gasteiger partial charge >= 0.3 is 0 Å². The lowest BCUT2D eigenvalue weighted by Gasteiger charge is -2.12. The van der Waals surface area contributed by atoms with Gasteiger partial charge in [-0.15, -0.1) is 21.5 Å². The van der Waals surface area contributed by atoms with E-state index in [0.717, 1.165) is 34.3 Å². The van der Waals surface area contributed by atoms with Gasteiger partial charge in [-0.05, 0) is 43.3 Å². The summed E-state index contributed by atoms with van der Waals surface area (Å²) in [6.45, 7) is 2.00. The van der Waals surface area contributed by atoms with E-state index >= 15 is 0 Å². The molecule has 4 rings (SSSR count). The summed E-state index contributed by atoms with van der Waals surface area (Å²) in [5.74, 6) is 1.19. The molecule has 1 saturated carbocycles. The Labute approximate surface area is 160 Å². The van der Waals surface area contributed by atoms with Crippen molar-refractivity contribution in [3.05, 3.63) is 46.9 Å². The van der Waals surface area contributed by atoms with Crippen molar-refractivity contribution < 1.29 is 4.79 Å². The number of pyridine rings is 1. The fourth-order valence-corrected chi connectivity index (χ4v) is 4.31. The summed E-state index contributed by atoms with van der Waals surface area (Å²) in [6.07, 6.45) is 5.78. The number of carbonyl (C=O) groups is 1. The molecular weight excluding hydrogens is 366 g/mol. The molecule has 8 heteroatoms. The van der Waals surface area contributed by atoms with E-state index in [-0.39, 0.29) is 11.9 Å². The minimum Gasteiger partial charge on any atom is -0.348 e. The normalized spacial score (nSPS) is 15.0. The average molecular weight is 386 g/mol. The fraction of sp³-hybridized carbons (Fsp3) is 0.333. The standard InChI is InChI=1S/C18H19N5OS2/c1-12(15-3-2-10-25-15)20-16(24)11-26-18-22-21-17(23(18)14-4-5-14)13-6-8-19-9-7-13/h2-3,6-10,12,14H,4-5,11H2,1H3,(H,20,24)/t12-/m0/s1. The maximum absolute atomic E-state index is 12.3. The van der Waals surface area contributed by atoms with Crippen LogP contribution in [0.5, 0.6) is 0 Å². The summed E-state index contributed by atoms with van der Waals surface area (Å²) < 4.78 is 2.16. The zero-order chi connectivity index (χ0) is 17.9. The lowest BCUT2D eigenvalue weighted by Crippen LogP contribution is -2.27. The zero-order valence-corrected chi connectivity index (χ0v) is 16.0. The Kier molecular flexibility index (Phi) is 5.03. The molecule has 0 unspecified atom stereocenters. The molecule has 3 aromatic heterocycles. The third-order valence-corrected chi connectivity index (χ3v) is 6.19. The Morgan fingerprint density at radius 3 is 2.85 bits per heavy atom. The molecule has 0 bridgehead atoms. The molecule has 3 aromatic rings. The lowest BCUT2D eigenvalue weighted by atomic mass is 10.2. The number of rotatable bonds is 7. The largest absolute Gasteiger partial charge is 0.348 e. The van der Waals surface area contributed by atoms with Crippen LogP contribution >= 0.6 is 23.1 Å². The summed E-state index contributed by atoms with van der Waals surface area (Å²) in [6, 6.07) is 8.36. The molecule has 1 fully saturated rings. The van der Waals surface area contributed by atoms with Crippen molar-refractivity contribution in [1.29, 1.82) is 0 Å². The number of carbonyl (C=O) groups excluding carboxylic acids is 1. The van der Waals surface area contributed by atoms with Gasteiger partial charge in [-0.2, -0.15) is 0 Å². The molecule has 26 heavy (non-hydrogen) atoms. The number of nitrogens with zero attached hydrogens (tertiary/aromatic N) is 4. The van der Waals surface area contributed by atoms with Gasteiger partial charge in [0.1, 0.15) is 0 Å². The first-order chi connectivity index (χ1) is 12.7. The number of hydrogen-bond acceptors (Lipinski definition) is 6. The van der Waals surface area contributed by atoms with E-state index in [1.165, 1.54) is 11.8 Å². The first-order valence-electron chi connectivity index (χ1n) is 8.53. The topological polar surface area (TPSA) is 72.7 Å². The van der Waals surface area contributed by atoms with Crippen LogP contribution in [-0.4, -0.2) is 31.4 Å². The summed E-state index contributed by atoms with van der Waals surface area (Å²) in [5, 5.41) is 14.6. The van der Waals surface area contributed by atoms with E-state index in [1.54, 1.807) is 23.7 Å². The second-order valence-electron chi connectivity index (χ2n) is 6.24. The van der Waals surface area contributed by atoms with Gasteiger partial charge in [0.25, 0.3) is 0 Å². The first kappa shape index (κ1) is 17.2. The maximum atomic E-state index is 12.3. The van der Waals surface area contributed by atoms with E-state index in [0.29, 0.717) is 11.8 Å². The zero-order valence-electron chi connectivity index (χ0n) is 14.3. The Morgan fingerprint density at radius 1 is 1.35 bits per heavy atom. The highest BCUT2D eigenvalue weighted by molar-refractivity contribution is 7.99. The first-order valence-corrected chi connectivity index (χ1v) is 10.4. The van der Waals surface area contributed by atoms with Gasteiger partial charge in [0.2, 0.25) is 5.91 Å². The molecule has 3 heterocycles. The highest BCUT2D eigenvalue weighted by atomic mass is 32.2. The predicted molar refractivity (Wildman–Crippen MR) is 103 cm³/mol. The molecular formula is C18H19N5OS2. The molecule has 134 valence electrons. The molecule has 0 saturated heterocycles. The van der Waals surface area contributed by atoms with Gasteiger partial charge in [-0.3, -0.25) is 14.3 Å². The Balaban J connectivity index is 1.44. The van der Waals surface area contributed by atoms with Crippen LogP contribution in [0.1, 0.15) is 36.7 Å². The van der Waals surface area contributed by atoms with Crippen LogP contribution in [0.15, 0.2) is 47.2 Å². The van der Waals surface area contributed by atoms with E-state index in [4.69, 9.17) is 0 Å². The van der Waals surface area contributed by atoms with Gasteiger partial charge in [0, 0.05) is 28.9 Å². The van der Waals surface area contributed by atoms with Crippen LogP contribution in [0, 0.1) is 0 Å². The Hall–Kier alpha value is -2.19. The van der Waals surface area contributed by atoms with Gasteiger partial charge < -0.3 is 5.32 Å². The summed E-state index contributed by atoms with van der Waals surface area (Å²) in [5.41, 5.74) is 1.00. The second-order valence-corrected chi connectivity index (χ2v) is 8.16. The second kappa shape index (κ2) is 7.59. The predicted octanol–water partition coefficient (Wildman–Crippen LogP) is 3.71. The molecule has 1 aliphatic carbocycles. The SMILES string of the molecule is C[C@H](NC(=O)CSc1nnc(-c2ccncc2)n1C1CC1)c1cccs1. The van der Waals surface area contributed by atoms with Crippen molar-refractivity contribution in [2.45, 2.75) is 37.0 Å². The van der Waals surface area contributed by atoms with Crippen LogP contribution in [0.2, 0.25) is 0 Å². The molecule has 0 aliphatic heterocycles. The van der Waals surface area contributed by atoms with Crippen molar-refractivity contribution >= 4 is 29.0 Å². The van der Waals surface area contributed by atoms with Crippen molar-refractivity contribution in [2.75, 3.05) is 5.75 Å². The van der Waals surface area contributed by atoms with E-state index < -0.39 is 0 Å². The van der Waals surface area contributed by atoms with Crippen LogP contribution in [-0.2, 0) is 4.79 Å². The average Bonchev–Trinajstić information content (AvgIpc) is 3.18. The molecule has 1 amide bonds. The van der Waals surface area contributed by atoms with Gasteiger partial charge in [0.05, 0.1) is 11.8 Å². The maximum Gasteiger partial charge on any atom is 0.230 e. The van der Waals surface area contributed by atoms with Crippen LogP contribution in [0.25, 0.3) is 11.4 Å². The lowest BCUT2D eigenvalue weighted by molar-refractivity contribution is -0.119. The van der Waals surface area contributed by atoms with E-state index in [1.807, 2.05) is 36.6 Å². The van der Waals surface area contributed by atoms with Crippen LogP contribution in [0.3, 0.4) is 0 Å². The summed E-state index contributed by atoms with van der Waals surface area (Å²) in [4.78, 5) is 17.5. The monoisotopic (exact) mass is 385 g/mol. The number of thioether (sulfide) groups is 1. The highest BCUT2D eigenvalue weighted by Crippen LogP contribution is 2.40. The Morgan fingerprint density at radius 2 is 2.15 bits per heavy atom. The molecule has 1 aliphatic rings. The van der Waals surface area contributed by atoms with Crippen LogP contribution in [0.4, 0.5) is 0 Å². The molecule has 1 atom stereocenters. The van der Waals surface area contributed by atoms with Crippen LogP contribution < -0.4 is 5.32 Å². The minimum atomic E-state index is 0.00621. The molecule has 0 spiro atoms.